The minimum absolute atomic E-state index is 0.0417. The Balaban J connectivity index is 1.82. The van der Waals surface area contributed by atoms with Crippen LogP contribution < -0.4 is 5.32 Å². The molecule has 0 fully saturated rings. The highest BCUT2D eigenvalue weighted by atomic mass is 32.1. The summed E-state index contributed by atoms with van der Waals surface area (Å²) in [6.45, 7) is 2.55. The lowest BCUT2D eigenvalue weighted by Crippen LogP contribution is -2.22. The van der Waals surface area contributed by atoms with E-state index in [0.717, 1.165) is 27.1 Å². The summed E-state index contributed by atoms with van der Waals surface area (Å²) in [5.74, 6) is -0.0417. The van der Waals surface area contributed by atoms with Gasteiger partial charge in [0.2, 0.25) is 0 Å². The lowest BCUT2D eigenvalue weighted by molar-refractivity contribution is 0.0952. The van der Waals surface area contributed by atoms with Gasteiger partial charge in [-0.3, -0.25) is 9.78 Å². The van der Waals surface area contributed by atoms with E-state index in [1.54, 1.807) is 23.7 Å². The number of nitrogens with one attached hydrogen (secondary N) is 1. The van der Waals surface area contributed by atoms with Gasteiger partial charge in [-0.15, -0.1) is 11.3 Å². The molecule has 22 heavy (non-hydrogen) atoms. The summed E-state index contributed by atoms with van der Waals surface area (Å²) in [5, 5.41) is 4.91. The van der Waals surface area contributed by atoms with Crippen LogP contribution in [0.3, 0.4) is 0 Å². The first kappa shape index (κ1) is 14.5. The molecule has 4 heteroatoms. The van der Waals surface area contributed by atoms with E-state index in [2.05, 4.69) is 10.3 Å². The van der Waals surface area contributed by atoms with E-state index in [1.807, 2.05) is 54.8 Å². The number of aromatic nitrogens is 1. The molecule has 0 aliphatic rings. The van der Waals surface area contributed by atoms with E-state index < -0.39 is 0 Å². The Morgan fingerprint density at radius 1 is 1.14 bits per heavy atom. The van der Waals surface area contributed by atoms with Gasteiger partial charge in [-0.1, -0.05) is 30.3 Å². The predicted octanol–water partition coefficient (Wildman–Crippen LogP) is 4.05. The van der Waals surface area contributed by atoms with Crippen LogP contribution in [-0.4, -0.2) is 10.9 Å². The number of hydrogen-bond donors (Lipinski definition) is 1. The average molecular weight is 308 g/mol. The van der Waals surface area contributed by atoms with Crippen LogP contribution in [-0.2, 0) is 6.54 Å². The molecule has 0 unspecified atom stereocenters. The summed E-state index contributed by atoms with van der Waals surface area (Å²) in [6, 6.07) is 13.8. The Morgan fingerprint density at radius 2 is 1.86 bits per heavy atom. The van der Waals surface area contributed by atoms with Gasteiger partial charge in [0.15, 0.2) is 0 Å². The van der Waals surface area contributed by atoms with Gasteiger partial charge in [0.1, 0.15) is 0 Å². The molecule has 1 amide bonds. The van der Waals surface area contributed by atoms with Crippen molar-refractivity contribution in [2.75, 3.05) is 0 Å². The molecular formula is C18H16N2OS. The van der Waals surface area contributed by atoms with Crippen LogP contribution in [0.15, 0.2) is 60.2 Å². The highest BCUT2D eigenvalue weighted by Gasteiger charge is 2.16. The van der Waals surface area contributed by atoms with E-state index in [9.17, 15) is 4.79 Å². The van der Waals surface area contributed by atoms with Crippen molar-refractivity contribution >= 4 is 17.2 Å². The number of thiophene rings is 1. The minimum atomic E-state index is -0.0417. The Hall–Kier alpha value is -2.46. The first-order valence-electron chi connectivity index (χ1n) is 7.06. The Bertz CT molecular complexity index is 766. The second-order valence-corrected chi connectivity index (χ2v) is 6.07. The van der Waals surface area contributed by atoms with Crippen molar-refractivity contribution in [1.82, 2.24) is 10.3 Å². The number of rotatable bonds is 4. The second-order valence-electron chi connectivity index (χ2n) is 4.98. The van der Waals surface area contributed by atoms with Gasteiger partial charge < -0.3 is 5.32 Å². The van der Waals surface area contributed by atoms with Crippen molar-refractivity contribution < 1.29 is 4.79 Å². The lowest BCUT2D eigenvalue weighted by Gasteiger charge is -2.08. The van der Waals surface area contributed by atoms with Gasteiger partial charge >= 0.3 is 0 Å². The quantitative estimate of drug-likeness (QED) is 0.790. The third-order valence-corrected chi connectivity index (χ3v) is 4.40. The van der Waals surface area contributed by atoms with Gasteiger partial charge in [0.05, 0.1) is 5.56 Å². The van der Waals surface area contributed by atoms with Gasteiger partial charge in [0.25, 0.3) is 5.91 Å². The number of pyridine rings is 1. The standard InChI is InChI=1S/C18H16N2OS/c1-13-17(15-5-3-2-4-6-15)16(12-22-13)18(21)20-11-14-7-9-19-10-8-14/h2-10,12H,11H2,1H3,(H,20,21). The fourth-order valence-electron chi connectivity index (χ4n) is 2.36. The molecule has 110 valence electrons. The summed E-state index contributed by atoms with van der Waals surface area (Å²) >= 11 is 1.61. The number of aryl methyl sites for hydroxylation is 1. The Morgan fingerprint density at radius 3 is 2.59 bits per heavy atom. The lowest BCUT2D eigenvalue weighted by atomic mass is 10.0. The maximum absolute atomic E-state index is 12.5. The first-order valence-corrected chi connectivity index (χ1v) is 7.94. The van der Waals surface area contributed by atoms with Gasteiger partial charge in [-0.25, -0.2) is 0 Å². The molecule has 0 atom stereocenters. The number of carbonyl (C=O) groups is 1. The SMILES string of the molecule is Cc1scc(C(=O)NCc2ccncc2)c1-c1ccccc1. The monoisotopic (exact) mass is 308 g/mol. The number of benzene rings is 1. The van der Waals surface area contributed by atoms with Crippen molar-refractivity contribution in [1.29, 1.82) is 0 Å². The van der Waals surface area contributed by atoms with E-state index in [4.69, 9.17) is 0 Å². The third kappa shape index (κ3) is 3.07. The van der Waals surface area contributed by atoms with Crippen LogP contribution in [0.25, 0.3) is 11.1 Å². The third-order valence-electron chi connectivity index (χ3n) is 3.48. The van der Waals surface area contributed by atoms with Crippen molar-refractivity contribution in [2.24, 2.45) is 0 Å². The van der Waals surface area contributed by atoms with Crippen LogP contribution in [0.1, 0.15) is 20.8 Å². The van der Waals surface area contributed by atoms with E-state index >= 15 is 0 Å². The molecule has 1 N–H and O–H groups in total. The summed E-state index contributed by atoms with van der Waals surface area (Å²) in [4.78, 5) is 17.6. The molecule has 0 aliphatic carbocycles. The molecule has 2 aromatic heterocycles. The van der Waals surface area contributed by atoms with Crippen LogP contribution >= 0.6 is 11.3 Å². The molecule has 0 saturated carbocycles. The Kier molecular flexibility index (Phi) is 4.30. The van der Waals surface area contributed by atoms with Crippen molar-refractivity contribution in [3.05, 3.63) is 76.2 Å². The summed E-state index contributed by atoms with van der Waals surface area (Å²) in [6.07, 6.45) is 3.46. The zero-order valence-corrected chi connectivity index (χ0v) is 13.1. The van der Waals surface area contributed by atoms with Crippen LogP contribution in [0.2, 0.25) is 0 Å². The van der Waals surface area contributed by atoms with Crippen LogP contribution in [0, 0.1) is 6.92 Å². The minimum Gasteiger partial charge on any atom is -0.348 e. The zero-order chi connectivity index (χ0) is 15.4. The summed E-state index contributed by atoms with van der Waals surface area (Å²) in [7, 11) is 0. The van der Waals surface area contributed by atoms with Crippen molar-refractivity contribution in [3.63, 3.8) is 0 Å². The Labute approximate surface area is 133 Å². The molecule has 0 radical (unpaired) electrons. The molecule has 0 spiro atoms. The average Bonchev–Trinajstić information content (AvgIpc) is 2.96. The molecule has 0 saturated heterocycles. The zero-order valence-electron chi connectivity index (χ0n) is 12.2. The van der Waals surface area contributed by atoms with Gasteiger partial charge in [0, 0.05) is 34.8 Å². The fourth-order valence-corrected chi connectivity index (χ4v) is 3.23. The molecule has 3 aromatic rings. The second kappa shape index (κ2) is 6.54. The predicted molar refractivity (Wildman–Crippen MR) is 89.9 cm³/mol. The van der Waals surface area contributed by atoms with E-state index in [1.165, 1.54) is 0 Å². The van der Waals surface area contributed by atoms with E-state index in [-0.39, 0.29) is 5.91 Å². The molecule has 3 nitrogen and oxygen atoms in total. The molecule has 0 aliphatic heterocycles. The highest BCUT2D eigenvalue weighted by Crippen LogP contribution is 2.32. The fraction of sp³-hybridized carbons (Fsp3) is 0.111. The van der Waals surface area contributed by atoms with Gasteiger partial charge in [-0.05, 0) is 30.2 Å². The molecule has 2 heterocycles. The normalized spacial score (nSPS) is 10.4. The van der Waals surface area contributed by atoms with Crippen molar-refractivity contribution in [3.8, 4) is 11.1 Å². The number of carbonyl (C=O) groups excluding carboxylic acids is 1. The largest absolute Gasteiger partial charge is 0.348 e. The summed E-state index contributed by atoms with van der Waals surface area (Å²) < 4.78 is 0. The van der Waals surface area contributed by atoms with Crippen LogP contribution in [0.5, 0.6) is 0 Å². The van der Waals surface area contributed by atoms with E-state index in [0.29, 0.717) is 6.54 Å². The number of hydrogen-bond acceptors (Lipinski definition) is 3. The maximum atomic E-state index is 12.5. The number of amides is 1. The smallest absolute Gasteiger partial charge is 0.253 e. The highest BCUT2D eigenvalue weighted by molar-refractivity contribution is 7.10. The molecular weight excluding hydrogens is 292 g/mol. The topological polar surface area (TPSA) is 42.0 Å². The van der Waals surface area contributed by atoms with Crippen molar-refractivity contribution in [2.45, 2.75) is 13.5 Å². The first-order chi connectivity index (χ1) is 10.8. The van der Waals surface area contributed by atoms with Crippen LogP contribution in [0.4, 0.5) is 0 Å². The summed E-state index contributed by atoms with van der Waals surface area (Å²) in [5.41, 5.74) is 3.88. The number of nitrogens with zero attached hydrogens (tertiary/aromatic N) is 1. The molecule has 3 rings (SSSR count). The van der Waals surface area contributed by atoms with Gasteiger partial charge in [-0.2, -0.15) is 0 Å². The molecule has 1 aromatic carbocycles. The molecule has 0 bridgehead atoms. The maximum Gasteiger partial charge on any atom is 0.253 e.